The lowest BCUT2D eigenvalue weighted by atomic mass is 10.1. The van der Waals surface area contributed by atoms with Gasteiger partial charge < -0.3 is 15.2 Å². The van der Waals surface area contributed by atoms with E-state index >= 15 is 0 Å². The van der Waals surface area contributed by atoms with Crippen molar-refractivity contribution in [1.82, 2.24) is 10.3 Å². The summed E-state index contributed by atoms with van der Waals surface area (Å²) in [5, 5.41) is 7.97. The zero-order chi connectivity index (χ0) is 21.6. The van der Waals surface area contributed by atoms with E-state index in [9.17, 15) is 4.79 Å². The van der Waals surface area contributed by atoms with Crippen LogP contribution in [0.4, 0.5) is 5.69 Å². The highest BCUT2D eigenvalue weighted by molar-refractivity contribution is 6.31. The molecule has 3 aromatic rings. The smallest absolute Gasteiger partial charge is 0.268 e. The van der Waals surface area contributed by atoms with Crippen LogP contribution in [0.5, 0.6) is 0 Å². The van der Waals surface area contributed by atoms with Crippen molar-refractivity contribution in [2.75, 3.05) is 24.5 Å². The highest BCUT2D eigenvalue weighted by Gasteiger charge is 2.17. The number of aromatic nitrogens is 1. The molecule has 1 fully saturated rings. The van der Waals surface area contributed by atoms with Gasteiger partial charge in [0.1, 0.15) is 5.69 Å². The van der Waals surface area contributed by atoms with Crippen LogP contribution in [0.3, 0.4) is 0 Å². The van der Waals surface area contributed by atoms with Crippen molar-refractivity contribution in [2.24, 2.45) is 5.11 Å². The second kappa shape index (κ2) is 9.77. The predicted molar refractivity (Wildman–Crippen MR) is 125 cm³/mol. The zero-order valence-electron chi connectivity index (χ0n) is 17.3. The van der Waals surface area contributed by atoms with Gasteiger partial charge in [-0.1, -0.05) is 28.8 Å². The van der Waals surface area contributed by atoms with Crippen molar-refractivity contribution in [3.63, 3.8) is 0 Å². The molecular weight excluding hydrogens is 412 g/mol. The topological polar surface area (TPSA) is 96.9 Å². The lowest BCUT2D eigenvalue weighted by Crippen LogP contribution is -2.29. The lowest BCUT2D eigenvalue weighted by Gasteiger charge is -2.28. The van der Waals surface area contributed by atoms with E-state index in [1.165, 1.54) is 30.5 Å². The van der Waals surface area contributed by atoms with E-state index in [1.807, 2.05) is 6.07 Å². The van der Waals surface area contributed by atoms with Gasteiger partial charge in [0.05, 0.1) is 6.54 Å². The van der Waals surface area contributed by atoms with E-state index in [2.05, 4.69) is 49.5 Å². The number of rotatable bonds is 7. The fourth-order valence-electron chi connectivity index (χ4n) is 4.11. The standard InChI is InChI=1S/C23H25ClN6O/c24-17-6-9-21-19(14-17)20(15-27-29-25)22(28-21)23(31)26-11-10-16-4-7-18(8-5-16)30-12-2-1-3-13-30/h4-9,14,28H,1-3,10-13,15H2,(H,26,31). The number of benzene rings is 2. The first-order valence-corrected chi connectivity index (χ1v) is 11.0. The van der Waals surface area contributed by atoms with Crippen LogP contribution in [0.15, 0.2) is 47.6 Å². The summed E-state index contributed by atoms with van der Waals surface area (Å²) in [5.74, 6) is -0.222. The van der Waals surface area contributed by atoms with E-state index in [0.717, 1.165) is 30.4 Å². The number of nitrogens with one attached hydrogen (secondary N) is 2. The Labute approximate surface area is 186 Å². The second-order valence-electron chi connectivity index (χ2n) is 7.78. The molecule has 1 aromatic heterocycles. The molecule has 8 heteroatoms. The molecule has 160 valence electrons. The summed E-state index contributed by atoms with van der Waals surface area (Å²) >= 11 is 6.10. The Morgan fingerprint density at radius 1 is 1.16 bits per heavy atom. The van der Waals surface area contributed by atoms with Crippen molar-refractivity contribution in [1.29, 1.82) is 0 Å². The van der Waals surface area contributed by atoms with E-state index in [-0.39, 0.29) is 12.5 Å². The molecule has 1 amide bonds. The van der Waals surface area contributed by atoms with Gasteiger partial charge in [-0.2, -0.15) is 0 Å². The van der Waals surface area contributed by atoms with Gasteiger partial charge in [0.2, 0.25) is 0 Å². The quantitative estimate of drug-likeness (QED) is 0.286. The summed E-state index contributed by atoms with van der Waals surface area (Å²) in [6.45, 7) is 2.85. The highest BCUT2D eigenvalue weighted by Crippen LogP contribution is 2.26. The van der Waals surface area contributed by atoms with Gasteiger partial charge in [0.25, 0.3) is 5.91 Å². The SMILES string of the molecule is [N-]=[N+]=NCc1c(C(=O)NCCc2ccc(N3CCCCC3)cc2)[nH]c2ccc(Cl)cc12. The number of carbonyl (C=O) groups is 1. The molecule has 0 aliphatic carbocycles. The number of hydrogen-bond donors (Lipinski definition) is 2. The summed E-state index contributed by atoms with van der Waals surface area (Å²) < 4.78 is 0. The maximum Gasteiger partial charge on any atom is 0.268 e. The molecule has 1 aliphatic rings. The number of nitrogens with zero attached hydrogens (tertiary/aromatic N) is 4. The van der Waals surface area contributed by atoms with Crippen LogP contribution in [0.1, 0.15) is 40.9 Å². The molecule has 1 saturated heterocycles. The van der Waals surface area contributed by atoms with Gasteiger partial charge in [-0.3, -0.25) is 4.79 Å². The molecular formula is C23H25ClN6O. The molecule has 2 aromatic carbocycles. The zero-order valence-corrected chi connectivity index (χ0v) is 18.0. The average molecular weight is 437 g/mol. The van der Waals surface area contributed by atoms with Crippen molar-refractivity contribution < 1.29 is 4.79 Å². The van der Waals surface area contributed by atoms with Crippen LogP contribution in [0, 0.1) is 0 Å². The molecule has 7 nitrogen and oxygen atoms in total. The summed E-state index contributed by atoms with van der Waals surface area (Å²) in [6.07, 6.45) is 4.58. The number of fused-ring (bicyclic) bond motifs is 1. The number of carbonyl (C=O) groups excluding carboxylic acids is 1. The van der Waals surface area contributed by atoms with Crippen molar-refractivity contribution in [2.45, 2.75) is 32.2 Å². The molecule has 0 saturated carbocycles. The number of H-pyrrole nitrogens is 1. The summed E-state index contributed by atoms with van der Waals surface area (Å²) in [5.41, 5.74) is 13.0. The van der Waals surface area contributed by atoms with Crippen LogP contribution in [-0.4, -0.2) is 30.5 Å². The van der Waals surface area contributed by atoms with Gasteiger partial charge >= 0.3 is 0 Å². The molecule has 0 atom stereocenters. The van der Waals surface area contributed by atoms with Gasteiger partial charge in [-0.15, -0.1) is 0 Å². The molecule has 31 heavy (non-hydrogen) atoms. The monoisotopic (exact) mass is 436 g/mol. The van der Waals surface area contributed by atoms with Crippen LogP contribution >= 0.6 is 11.6 Å². The fourth-order valence-corrected chi connectivity index (χ4v) is 4.29. The Bertz CT molecular complexity index is 1110. The number of amides is 1. The molecule has 0 unspecified atom stereocenters. The van der Waals surface area contributed by atoms with Gasteiger partial charge in [-0.05, 0) is 72.7 Å². The van der Waals surface area contributed by atoms with Crippen LogP contribution in [-0.2, 0) is 13.0 Å². The fraction of sp³-hybridized carbons (Fsp3) is 0.348. The highest BCUT2D eigenvalue weighted by atomic mass is 35.5. The normalized spacial score (nSPS) is 13.8. The minimum Gasteiger partial charge on any atom is -0.372 e. The van der Waals surface area contributed by atoms with E-state index < -0.39 is 0 Å². The largest absolute Gasteiger partial charge is 0.372 e. The first kappa shape index (κ1) is 21.1. The first-order chi connectivity index (χ1) is 15.2. The minimum absolute atomic E-state index is 0.0809. The summed E-state index contributed by atoms with van der Waals surface area (Å²) in [6, 6.07) is 14.0. The number of aromatic amines is 1. The van der Waals surface area contributed by atoms with Crippen LogP contribution < -0.4 is 10.2 Å². The number of anilines is 1. The Morgan fingerprint density at radius 2 is 1.94 bits per heavy atom. The van der Waals surface area contributed by atoms with Crippen molar-refractivity contribution >= 4 is 34.1 Å². The van der Waals surface area contributed by atoms with Gasteiger partial charge in [-0.25, -0.2) is 0 Å². The molecule has 2 heterocycles. The van der Waals surface area contributed by atoms with E-state index in [4.69, 9.17) is 17.1 Å². The number of azide groups is 1. The molecule has 0 radical (unpaired) electrons. The number of hydrogen-bond acceptors (Lipinski definition) is 3. The third-order valence-corrected chi connectivity index (χ3v) is 5.98. The summed E-state index contributed by atoms with van der Waals surface area (Å²) in [4.78, 5) is 21.2. The Hall–Kier alpha value is -3.15. The molecule has 0 spiro atoms. The predicted octanol–water partition coefficient (Wildman–Crippen LogP) is 5.59. The van der Waals surface area contributed by atoms with E-state index in [0.29, 0.717) is 22.8 Å². The van der Waals surface area contributed by atoms with Crippen LogP contribution in [0.25, 0.3) is 21.3 Å². The van der Waals surface area contributed by atoms with E-state index in [1.54, 1.807) is 12.1 Å². The average Bonchev–Trinajstić information content (AvgIpc) is 3.16. The molecule has 2 N–H and O–H groups in total. The minimum atomic E-state index is -0.222. The molecule has 0 bridgehead atoms. The third-order valence-electron chi connectivity index (χ3n) is 5.74. The van der Waals surface area contributed by atoms with Crippen LogP contribution in [0.2, 0.25) is 5.02 Å². The van der Waals surface area contributed by atoms with Crippen molar-refractivity contribution in [3.8, 4) is 0 Å². The van der Waals surface area contributed by atoms with Gasteiger partial charge in [0, 0.05) is 46.2 Å². The molecule has 4 rings (SSSR count). The maximum absolute atomic E-state index is 12.8. The van der Waals surface area contributed by atoms with Gasteiger partial charge in [0.15, 0.2) is 0 Å². The number of piperidine rings is 1. The molecule has 1 aliphatic heterocycles. The Kier molecular flexibility index (Phi) is 6.65. The summed E-state index contributed by atoms with van der Waals surface area (Å²) in [7, 11) is 0. The van der Waals surface area contributed by atoms with Crippen molar-refractivity contribution in [3.05, 3.63) is 74.8 Å². The Balaban J connectivity index is 1.40. The maximum atomic E-state index is 12.8. The second-order valence-corrected chi connectivity index (χ2v) is 8.21. The number of halogens is 1. The third kappa shape index (κ3) is 4.95. The lowest BCUT2D eigenvalue weighted by molar-refractivity contribution is 0.0949. The Morgan fingerprint density at radius 3 is 2.68 bits per heavy atom. The first-order valence-electron chi connectivity index (χ1n) is 10.6.